The standard InChI is InChI=1S/C19H25N3O3/c1-19(24,9-7-16-5-3-2-4-6-16)18(23)22-12-10-21(11-13-22)15-17-8-14-25-20-17/h2-6,8,14,24H,7,9-13,15H2,1H3/t19-/m1/s1. The number of hydrogen-bond acceptors (Lipinski definition) is 5. The molecule has 2 aromatic rings. The molecule has 0 aliphatic carbocycles. The molecule has 6 heteroatoms. The molecule has 1 amide bonds. The van der Waals surface area contributed by atoms with Crippen molar-refractivity contribution in [1.82, 2.24) is 15.0 Å². The van der Waals surface area contributed by atoms with Crippen molar-refractivity contribution in [1.29, 1.82) is 0 Å². The number of rotatable bonds is 6. The van der Waals surface area contributed by atoms with Crippen molar-refractivity contribution in [3.8, 4) is 0 Å². The van der Waals surface area contributed by atoms with E-state index in [1.54, 1.807) is 18.1 Å². The van der Waals surface area contributed by atoms with Crippen LogP contribution in [0.2, 0.25) is 0 Å². The van der Waals surface area contributed by atoms with Crippen LogP contribution in [0.25, 0.3) is 0 Å². The molecule has 0 unspecified atom stereocenters. The summed E-state index contributed by atoms with van der Waals surface area (Å²) in [6, 6.07) is 11.8. The van der Waals surface area contributed by atoms with Gasteiger partial charge in [0.2, 0.25) is 0 Å². The minimum Gasteiger partial charge on any atom is -0.380 e. The van der Waals surface area contributed by atoms with Gasteiger partial charge in [-0.05, 0) is 25.3 Å². The molecule has 0 radical (unpaired) electrons. The zero-order chi connectivity index (χ0) is 17.7. The molecule has 0 saturated carbocycles. The highest BCUT2D eigenvalue weighted by atomic mass is 16.5. The van der Waals surface area contributed by atoms with Gasteiger partial charge >= 0.3 is 0 Å². The quantitative estimate of drug-likeness (QED) is 0.865. The summed E-state index contributed by atoms with van der Waals surface area (Å²) in [7, 11) is 0. The molecule has 1 aromatic heterocycles. The monoisotopic (exact) mass is 343 g/mol. The fourth-order valence-corrected chi connectivity index (χ4v) is 3.14. The lowest BCUT2D eigenvalue weighted by Crippen LogP contribution is -2.54. The second-order valence-electron chi connectivity index (χ2n) is 6.82. The average molecular weight is 343 g/mol. The average Bonchev–Trinajstić information content (AvgIpc) is 3.14. The molecule has 1 aliphatic rings. The molecule has 0 bridgehead atoms. The van der Waals surface area contributed by atoms with Crippen molar-refractivity contribution >= 4 is 5.91 Å². The van der Waals surface area contributed by atoms with Crippen molar-refractivity contribution in [3.63, 3.8) is 0 Å². The first-order chi connectivity index (χ1) is 12.0. The van der Waals surface area contributed by atoms with Crippen LogP contribution in [0.4, 0.5) is 0 Å². The van der Waals surface area contributed by atoms with E-state index < -0.39 is 5.60 Å². The predicted octanol–water partition coefficient (Wildman–Crippen LogP) is 1.70. The highest BCUT2D eigenvalue weighted by Gasteiger charge is 2.35. The molecule has 2 heterocycles. The summed E-state index contributed by atoms with van der Waals surface area (Å²) in [5.41, 5.74) is 0.701. The topological polar surface area (TPSA) is 69.8 Å². The van der Waals surface area contributed by atoms with E-state index in [4.69, 9.17) is 4.52 Å². The van der Waals surface area contributed by atoms with E-state index in [1.165, 1.54) is 0 Å². The predicted molar refractivity (Wildman–Crippen MR) is 93.7 cm³/mol. The van der Waals surface area contributed by atoms with Gasteiger partial charge in [0.15, 0.2) is 0 Å². The van der Waals surface area contributed by atoms with Crippen LogP contribution in [-0.2, 0) is 17.8 Å². The normalized spacial score (nSPS) is 18.1. The highest BCUT2D eigenvalue weighted by molar-refractivity contribution is 5.84. The summed E-state index contributed by atoms with van der Waals surface area (Å²) >= 11 is 0. The van der Waals surface area contributed by atoms with E-state index in [-0.39, 0.29) is 5.91 Å². The fourth-order valence-electron chi connectivity index (χ4n) is 3.14. The van der Waals surface area contributed by atoms with Gasteiger partial charge in [0.25, 0.3) is 5.91 Å². The number of carbonyl (C=O) groups excluding carboxylic acids is 1. The fraction of sp³-hybridized carbons (Fsp3) is 0.474. The smallest absolute Gasteiger partial charge is 0.254 e. The Morgan fingerprint density at radius 3 is 2.56 bits per heavy atom. The Bertz CT molecular complexity index is 662. The Morgan fingerprint density at radius 1 is 1.20 bits per heavy atom. The van der Waals surface area contributed by atoms with Crippen molar-refractivity contribution in [2.24, 2.45) is 0 Å². The molecule has 1 N–H and O–H groups in total. The van der Waals surface area contributed by atoms with Crippen molar-refractivity contribution in [2.75, 3.05) is 26.2 Å². The molecule has 1 atom stereocenters. The van der Waals surface area contributed by atoms with Crippen LogP contribution in [0, 0.1) is 0 Å². The number of carbonyl (C=O) groups is 1. The largest absolute Gasteiger partial charge is 0.380 e. The third-order valence-electron chi connectivity index (χ3n) is 4.74. The lowest BCUT2D eigenvalue weighted by molar-refractivity contribution is -0.152. The van der Waals surface area contributed by atoms with Crippen molar-refractivity contribution < 1.29 is 14.4 Å². The van der Waals surface area contributed by atoms with E-state index >= 15 is 0 Å². The van der Waals surface area contributed by atoms with Crippen LogP contribution in [-0.4, -0.2) is 57.8 Å². The third kappa shape index (κ3) is 4.67. The van der Waals surface area contributed by atoms with Crippen molar-refractivity contribution in [2.45, 2.75) is 31.9 Å². The first-order valence-electron chi connectivity index (χ1n) is 8.72. The van der Waals surface area contributed by atoms with E-state index in [2.05, 4.69) is 10.1 Å². The molecule has 6 nitrogen and oxygen atoms in total. The first kappa shape index (κ1) is 17.6. The van der Waals surface area contributed by atoms with Crippen LogP contribution in [0.1, 0.15) is 24.6 Å². The van der Waals surface area contributed by atoms with Gasteiger partial charge < -0.3 is 14.5 Å². The number of aliphatic hydroxyl groups is 1. The number of nitrogens with zero attached hydrogens (tertiary/aromatic N) is 3. The van der Waals surface area contributed by atoms with Gasteiger partial charge in [-0.25, -0.2) is 0 Å². The van der Waals surface area contributed by atoms with Gasteiger partial charge in [0.1, 0.15) is 11.9 Å². The third-order valence-corrected chi connectivity index (χ3v) is 4.74. The Balaban J connectivity index is 1.49. The minimum atomic E-state index is -1.33. The highest BCUT2D eigenvalue weighted by Crippen LogP contribution is 2.19. The Hall–Kier alpha value is -2.18. The SMILES string of the molecule is C[C@@](O)(CCc1ccccc1)C(=O)N1CCN(Cc2ccon2)CC1. The van der Waals surface area contributed by atoms with Crippen molar-refractivity contribution in [3.05, 3.63) is 53.9 Å². The number of aryl methyl sites for hydroxylation is 1. The summed E-state index contributed by atoms with van der Waals surface area (Å²) in [4.78, 5) is 16.7. The van der Waals surface area contributed by atoms with Gasteiger partial charge in [-0.1, -0.05) is 35.5 Å². The van der Waals surface area contributed by atoms with Crippen LogP contribution >= 0.6 is 0 Å². The summed E-state index contributed by atoms with van der Waals surface area (Å²) in [5.74, 6) is -0.176. The summed E-state index contributed by atoms with van der Waals surface area (Å²) < 4.78 is 4.85. The molecule has 134 valence electrons. The van der Waals surface area contributed by atoms with Gasteiger partial charge in [-0.15, -0.1) is 0 Å². The van der Waals surface area contributed by atoms with Crippen LogP contribution in [0.15, 0.2) is 47.2 Å². The van der Waals surface area contributed by atoms with E-state index in [0.717, 1.165) is 30.9 Å². The lowest BCUT2D eigenvalue weighted by atomic mass is 9.95. The van der Waals surface area contributed by atoms with Crippen LogP contribution in [0.5, 0.6) is 0 Å². The molecule has 1 fully saturated rings. The second-order valence-corrected chi connectivity index (χ2v) is 6.82. The zero-order valence-corrected chi connectivity index (χ0v) is 14.6. The zero-order valence-electron chi connectivity index (χ0n) is 14.6. The molecule has 1 aromatic carbocycles. The maximum atomic E-state index is 12.7. The first-order valence-corrected chi connectivity index (χ1v) is 8.72. The molecule has 3 rings (SSSR count). The number of hydrogen-bond donors (Lipinski definition) is 1. The van der Waals surface area contributed by atoms with Gasteiger partial charge in [0.05, 0.1) is 5.69 Å². The minimum absolute atomic E-state index is 0.176. The van der Waals surface area contributed by atoms with E-state index in [0.29, 0.717) is 25.9 Å². The second kappa shape index (κ2) is 7.80. The number of piperazine rings is 1. The van der Waals surface area contributed by atoms with E-state index in [9.17, 15) is 9.90 Å². The Kier molecular flexibility index (Phi) is 5.50. The van der Waals surface area contributed by atoms with Gasteiger partial charge in [0, 0.05) is 38.8 Å². The lowest BCUT2D eigenvalue weighted by Gasteiger charge is -2.37. The number of aromatic nitrogens is 1. The Morgan fingerprint density at radius 2 is 1.92 bits per heavy atom. The maximum Gasteiger partial charge on any atom is 0.254 e. The van der Waals surface area contributed by atoms with Gasteiger partial charge in [-0.3, -0.25) is 9.69 Å². The molecular formula is C19H25N3O3. The number of amides is 1. The molecule has 1 saturated heterocycles. The molecule has 1 aliphatic heterocycles. The summed E-state index contributed by atoms with van der Waals surface area (Å²) in [6.07, 6.45) is 2.68. The number of benzene rings is 1. The van der Waals surface area contributed by atoms with E-state index in [1.807, 2.05) is 36.4 Å². The molecule has 0 spiro atoms. The Labute approximate surface area is 148 Å². The maximum absolute atomic E-state index is 12.7. The molecular weight excluding hydrogens is 318 g/mol. The van der Waals surface area contributed by atoms with Crippen LogP contribution < -0.4 is 0 Å². The molecule has 25 heavy (non-hydrogen) atoms. The van der Waals surface area contributed by atoms with Crippen LogP contribution in [0.3, 0.4) is 0 Å². The summed E-state index contributed by atoms with van der Waals surface area (Å²) in [6.45, 7) is 5.14. The van der Waals surface area contributed by atoms with Gasteiger partial charge in [-0.2, -0.15) is 0 Å². The summed E-state index contributed by atoms with van der Waals surface area (Å²) in [5, 5.41) is 14.6.